The third-order valence-electron chi connectivity index (χ3n) is 2.19. The highest BCUT2D eigenvalue weighted by molar-refractivity contribution is 5.28. The molecule has 1 saturated heterocycles. The first-order chi connectivity index (χ1) is 6.18. The summed E-state index contributed by atoms with van der Waals surface area (Å²) in [5.41, 5.74) is 0.583. The molecule has 0 aromatic rings. The summed E-state index contributed by atoms with van der Waals surface area (Å²) in [6.45, 7) is 7.11. The number of methoxy groups -OCH3 is 1. The number of hydrogen-bond acceptors (Lipinski definition) is 2. The summed E-state index contributed by atoms with van der Waals surface area (Å²) in [7, 11) is 1.71. The van der Waals surface area contributed by atoms with Crippen molar-refractivity contribution in [3.05, 3.63) is 12.2 Å². The van der Waals surface area contributed by atoms with Crippen LogP contribution in [0, 0.1) is 11.8 Å². The van der Waals surface area contributed by atoms with Crippen molar-refractivity contribution in [3.8, 4) is 11.8 Å². The van der Waals surface area contributed by atoms with Crippen LogP contribution in [0.3, 0.4) is 0 Å². The maximum atomic E-state index is 5.43. The Kier molecular flexibility index (Phi) is 3.53. The predicted molar refractivity (Wildman–Crippen MR) is 52.4 cm³/mol. The van der Waals surface area contributed by atoms with Crippen LogP contribution in [0.25, 0.3) is 0 Å². The minimum Gasteiger partial charge on any atom is -0.381 e. The zero-order valence-corrected chi connectivity index (χ0v) is 8.35. The van der Waals surface area contributed by atoms with Gasteiger partial charge in [0.05, 0.1) is 13.2 Å². The van der Waals surface area contributed by atoms with E-state index in [1.165, 1.54) is 0 Å². The maximum Gasteiger partial charge on any atom is 0.133 e. The summed E-state index contributed by atoms with van der Waals surface area (Å²) in [5.74, 6) is 6.11. The first-order valence-corrected chi connectivity index (χ1v) is 4.50. The Morgan fingerprint density at radius 3 is 2.54 bits per heavy atom. The Bertz CT molecular complexity index is 239. The highest BCUT2D eigenvalue weighted by Gasteiger charge is 2.30. The molecule has 1 aliphatic heterocycles. The smallest absolute Gasteiger partial charge is 0.133 e. The van der Waals surface area contributed by atoms with Crippen molar-refractivity contribution in [3.63, 3.8) is 0 Å². The molecule has 2 heteroatoms. The molecule has 0 amide bonds. The maximum absolute atomic E-state index is 5.43. The highest BCUT2D eigenvalue weighted by atomic mass is 16.5. The zero-order chi connectivity index (χ0) is 9.73. The van der Waals surface area contributed by atoms with Gasteiger partial charge in [0.1, 0.15) is 5.60 Å². The van der Waals surface area contributed by atoms with E-state index in [0.29, 0.717) is 0 Å². The molecule has 13 heavy (non-hydrogen) atoms. The fourth-order valence-electron chi connectivity index (χ4n) is 1.30. The van der Waals surface area contributed by atoms with Crippen LogP contribution in [-0.2, 0) is 9.47 Å². The molecule has 1 rings (SSSR count). The molecule has 0 aliphatic carbocycles. The largest absolute Gasteiger partial charge is 0.381 e. The molecule has 0 radical (unpaired) electrons. The van der Waals surface area contributed by atoms with Crippen LogP contribution in [0.4, 0.5) is 0 Å². The minimum atomic E-state index is -0.294. The SMILES string of the molecule is C=C(C)C#CC1(OC)CCOCC1. The Morgan fingerprint density at radius 1 is 1.46 bits per heavy atom. The van der Waals surface area contributed by atoms with Gasteiger partial charge in [-0.1, -0.05) is 18.4 Å². The van der Waals surface area contributed by atoms with Gasteiger partial charge < -0.3 is 9.47 Å². The highest BCUT2D eigenvalue weighted by Crippen LogP contribution is 2.23. The number of hydrogen-bond donors (Lipinski definition) is 0. The van der Waals surface area contributed by atoms with E-state index < -0.39 is 0 Å². The second kappa shape index (κ2) is 4.45. The van der Waals surface area contributed by atoms with E-state index in [0.717, 1.165) is 31.6 Å². The third kappa shape index (κ3) is 2.87. The molecule has 0 bridgehead atoms. The average Bonchev–Trinajstić information content (AvgIpc) is 2.16. The lowest BCUT2D eigenvalue weighted by Gasteiger charge is -2.30. The van der Waals surface area contributed by atoms with Crippen LogP contribution in [-0.4, -0.2) is 25.9 Å². The van der Waals surface area contributed by atoms with Crippen LogP contribution in [0.15, 0.2) is 12.2 Å². The average molecular weight is 180 g/mol. The standard InChI is InChI=1S/C11H16O2/c1-10(2)4-5-11(12-3)6-8-13-9-7-11/h1,6-9H2,2-3H3. The fraction of sp³-hybridized carbons (Fsp3) is 0.636. The number of rotatable bonds is 1. The van der Waals surface area contributed by atoms with Gasteiger partial charge in [-0.2, -0.15) is 0 Å². The monoisotopic (exact) mass is 180 g/mol. The third-order valence-corrected chi connectivity index (χ3v) is 2.19. The summed E-state index contributed by atoms with van der Waals surface area (Å²) in [6.07, 6.45) is 1.70. The summed E-state index contributed by atoms with van der Waals surface area (Å²) in [6, 6.07) is 0. The number of allylic oxidation sites excluding steroid dienone is 1. The van der Waals surface area contributed by atoms with Crippen molar-refractivity contribution in [2.45, 2.75) is 25.4 Å². The van der Waals surface area contributed by atoms with Crippen molar-refractivity contribution in [1.82, 2.24) is 0 Å². The van der Waals surface area contributed by atoms with E-state index in [9.17, 15) is 0 Å². The van der Waals surface area contributed by atoms with Gasteiger partial charge in [0, 0.05) is 20.0 Å². The van der Waals surface area contributed by atoms with Crippen LogP contribution in [0.1, 0.15) is 19.8 Å². The Hall–Kier alpha value is -0.780. The molecule has 1 aliphatic rings. The Balaban J connectivity index is 2.69. The van der Waals surface area contributed by atoms with E-state index in [-0.39, 0.29) is 5.60 Å². The quantitative estimate of drug-likeness (QED) is 0.572. The van der Waals surface area contributed by atoms with E-state index in [1.807, 2.05) is 6.92 Å². The van der Waals surface area contributed by atoms with Gasteiger partial charge in [0.2, 0.25) is 0 Å². The normalized spacial score (nSPS) is 20.2. The lowest BCUT2D eigenvalue weighted by Crippen LogP contribution is -2.36. The molecular weight excluding hydrogens is 164 g/mol. The molecule has 1 heterocycles. The van der Waals surface area contributed by atoms with Gasteiger partial charge in [0.25, 0.3) is 0 Å². The predicted octanol–water partition coefficient (Wildman–Crippen LogP) is 1.76. The van der Waals surface area contributed by atoms with Gasteiger partial charge in [-0.25, -0.2) is 0 Å². The zero-order valence-electron chi connectivity index (χ0n) is 8.35. The van der Waals surface area contributed by atoms with Crippen LogP contribution < -0.4 is 0 Å². The lowest BCUT2D eigenvalue weighted by atomic mass is 9.94. The molecule has 0 N–H and O–H groups in total. The lowest BCUT2D eigenvalue weighted by molar-refractivity contribution is -0.0524. The van der Waals surface area contributed by atoms with E-state index >= 15 is 0 Å². The van der Waals surface area contributed by atoms with Crippen molar-refractivity contribution >= 4 is 0 Å². The van der Waals surface area contributed by atoms with Crippen LogP contribution in [0.5, 0.6) is 0 Å². The second-order valence-electron chi connectivity index (χ2n) is 3.34. The minimum absolute atomic E-state index is 0.294. The van der Waals surface area contributed by atoms with Crippen LogP contribution >= 0.6 is 0 Å². The first-order valence-electron chi connectivity index (χ1n) is 4.50. The molecule has 0 unspecified atom stereocenters. The van der Waals surface area contributed by atoms with Crippen molar-refractivity contribution < 1.29 is 9.47 Å². The van der Waals surface area contributed by atoms with Crippen molar-refractivity contribution in [2.75, 3.05) is 20.3 Å². The van der Waals surface area contributed by atoms with Gasteiger partial charge in [-0.3, -0.25) is 0 Å². The molecule has 0 aromatic heterocycles. The number of ether oxygens (including phenoxy) is 2. The molecule has 2 nitrogen and oxygen atoms in total. The molecule has 0 atom stereocenters. The van der Waals surface area contributed by atoms with Crippen molar-refractivity contribution in [1.29, 1.82) is 0 Å². The van der Waals surface area contributed by atoms with Gasteiger partial charge in [-0.05, 0) is 12.5 Å². The van der Waals surface area contributed by atoms with Crippen LogP contribution in [0.2, 0.25) is 0 Å². The summed E-state index contributed by atoms with van der Waals surface area (Å²) >= 11 is 0. The molecule has 72 valence electrons. The van der Waals surface area contributed by atoms with Gasteiger partial charge in [-0.15, -0.1) is 0 Å². The molecule has 0 aromatic carbocycles. The first kappa shape index (κ1) is 10.3. The second-order valence-corrected chi connectivity index (χ2v) is 3.34. The molecule has 1 fully saturated rings. The van der Waals surface area contributed by atoms with E-state index in [2.05, 4.69) is 18.4 Å². The topological polar surface area (TPSA) is 18.5 Å². The fourth-order valence-corrected chi connectivity index (χ4v) is 1.30. The Morgan fingerprint density at radius 2 is 2.08 bits per heavy atom. The van der Waals surface area contributed by atoms with Gasteiger partial charge >= 0.3 is 0 Å². The molecular formula is C11H16O2. The summed E-state index contributed by atoms with van der Waals surface area (Å²) in [4.78, 5) is 0. The van der Waals surface area contributed by atoms with Gasteiger partial charge in [0.15, 0.2) is 0 Å². The van der Waals surface area contributed by atoms with E-state index in [1.54, 1.807) is 7.11 Å². The molecule has 0 spiro atoms. The Labute approximate surface area is 79.9 Å². The van der Waals surface area contributed by atoms with E-state index in [4.69, 9.17) is 9.47 Å². The van der Waals surface area contributed by atoms with Crippen molar-refractivity contribution in [2.24, 2.45) is 0 Å². The molecule has 0 saturated carbocycles. The summed E-state index contributed by atoms with van der Waals surface area (Å²) < 4.78 is 10.7. The summed E-state index contributed by atoms with van der Waals surface area (Å²) in [5, 5.41) is 0.